The van der Waals surface area contributed by atoms with Crippen molar-refractivity contribution < 1.29 is 20.1 Å². The fraction of sp³-hybridized carbons (Fsp3) is 0.583. The number of nitrogens with one attached hydrogen (secondary N) is 1. The topological polar surface area (TPSA) is 126 Å². The van der Waals surface area contributed by atoms with E-state index in [1.165, 1.54) is 17.2 Å². The van der Waals surface area contributed by atoms with Gasteiger partial charge in [-0.2, -0.15) is 0 Å². The number of rotatable bonds is 4. The SMILES string of the molecule is CCNc1ncnc2c1ncn2[C@@H]1O[C@H](CO)[C@@H](O)[C@@H]1O. The van der Waals surface area contributed by atoms with Gasteiger partial charge in [-0.3, -0.25) is 4.57 Å². The summed E-state index contributed by atoms with van der Waals surface area (Å²) in [5.41, 5.74) is 1.04. The molecule has 0 aliphatic carbocycles. The smallest absolute Gasteiger partial charge is 0.167 e. The van der Waals surface area contributed by atoms with Crippen molar-refractivity contribution in [1.82, 2.24) is 19.5 Å². The van der Waals surface area contributed by atoms with Gasteiger partial charge in [0.2, 0.25) is 0 Å². The molecular weight excluding hydrogens is 278 g/mol. The third-order valence-electron chi connectivity index (χ3n) is 3.49. The van der Waals surface area contributed by atoms with Crippen LogP contribution in [0.5, 0.6) is 0 Å². The van der Waals surface area contributed by atoms with E-state index in [1.807, 2.05) is 6.92 Å². The highest BCUT2D eigenvalue weighted by Crippen LogP contribution is 2.31. The van der Waals surface area contributed by atoms with Gasteiger partial charge in [-0.25, -0.2) is 15.0 Å². The van der Waals surface area contributed by atoms with Crippen molar-refractivity contribution in [3.8, 4) is 0 Å². The molecule has 0 unspecified atom stereocenters. The number of ether oxygens (including phenoxy) is 1. The average Bonchev–Trinajstić information content (AvgIpc) is 3.03. The average molecular weight is 295 g/mol. The van der Waals surface area contributed by atoms with Crippen LogP contribution in [0.25, 0.3) is 11.2 Å². The monoisotopic (exact) mass is 295 g/mol. The molecule has 2 aromatic heterocycles. The van der Waals surface area contributed by atoms with E-state index >= 15 is 0 Å². The van der Waals surface area contributed by atoms with Crippen molar-refractivity contribution in [1.29, 1.82) is 0 Å². The van der Waals surface area contributed by atoms with Gasteiger partial charge in [-0.05, 0) is 6.92 Å². The van der Waals surface area contributed by atoms with E-state index < -0.39 is 24.5 Å². The standard InChI is InChI=1S/C12H17N5O4/c1-2-13-10-7-11(15-4-14-10)17(5-16-7)12-9(20)8(19)6(3-18)21-12/h4-6,8-9,12,18-20H,2-3H2,1H3,(H,13,14,15)/t6-,8-,9+,12-/m1/s1. The van der Waals surface area contributed by atoms with Crippen molar-refractivity contribution in [3.05, 3.63) is 12.7 Å². The van der Waals surface area contributed by atoms with Crippen molar-refractivity contribution in [3.63, 3.8) is 0 Å². The Balaban J connectivity index is 2.00. The molecule has 1 saturated heterocycles. The van der Waals surface area contributed by atoms with E-state index in [1.54, 1.807) is 0 Å². The summed E-state index contributed by atoms with van der Waals surface area (Å²) >= 11 is 0. The van der Waals surface area contributed by atoms with E-state index in [-0.39, 0.29) is 6.61 Å². The molecule has 0 radical (unpaired) electrons. The van der Waals surface area contributed by atoms with Crippen molar-refractivity contribution in [2.45, 2.75) is 31.5 Å². The zero-order valence-electron chi connectivity index (χ0n) is 11.4. The van der Waals surface area contributed by atoms with E-state index in [4.69, 9.17) is 9.84 Å². The molecule has 2 aromatic rings. The molecule has 4 N–H and O–H groups in total. The highest BCUT2D eigenvalue weighted by Gasteiger charge is 2.43. The first-order chi connectivity index (χ1) is 10.2. The minimum atomic E-state index is -1.17. The molecule has 1 aliphatic heterocycles. The molecule has 114 valence electrons. The van der Waals surface area contributed by atoms with Crippen LogP contribution in [0, 0.1) is 0 Å². The molecule has 0 aromatic carbocycles. The fourth-order valence-corrected chi connectivity index (χ4v) is 2.44. The summed E-state index contributed by atoms with van der Waals surface area (Å²) in [5.74, 6) is 0.591. The summed E-state index contributed by atoms with van der Waals surface area (Å²) < 4.78 is 7.01. The zero-order chi connectivity index (χ0) is 15.0. The van der Waals surface area contributed by atoms with E-state index in [0.717, 1.165) is 0 Å². The molecule has 9 heteroatoms. The molecule has 21 heavy (non-hydrogen) atoms. The van der Waals surface area contributed by atoms with Crippen LogP contribution in [0.3, 0.4) is 0 Å². The molecule has 9 nitrogen and oxygen atoms in total. The second-order valence-corrected chi connectivity index (χ2v) is 4.81. The van der Waals surface area contributed by atoms with Gasteiger partial charge in [0.15, 0.2) is 23.2 Å². The number of imidazole rings is 1. The number of aliphatic hydroxyl groups excluding tert-OH is 3. The van der Waals surface area contributed by atoms with Crippen LogP contribution in [-0.2, 0) is 4.74 Å². The second kappa shape index (κ2) is 5.53. The summed E-state index contributed by atoms with van der Waals surface area (Å²) in [5, 5.41) is 32.1. The summed E-state index contributed by atoms with van der Waals surface area (Å²) in [7, 11) is 0. The zero-order valence-corrected chi connectivity index (χ0v) is 11.4. The van der Waals surface area contributed by atoms with Crippen LogP contribution in [0.2, 0.25) is 0 Å². The Bertz CT molecular complexity index is 633. The first kappa shape index (κ1) is 14.1. The lowest BCUT2D eigenvalue weighted by Gasteiger charge is -2.16. The number of aliphatic hydroxyl groups is 3. The van der Waals surface area contributed by atoms with Crippen LogP contribution in [0.1, 0.15) is 13.2 Å². The van der Waals surface area contributed by atoms with E-state index in [0.29, 0.717) is 23.5 Å². The van der Waals surface area contributed by atoms with Gasteiger partial charge in [0, 0.05) is 6.54 Å². The van der Waals surface area contributed by atoms with Crippen molar-refractivity contribution >= 4 is 17.0 Å². The Morgan fingerprint density at radius 3 is 2.76 bits per heavy atom. The van der Waals surface area contributed by atoms with Gasteiger partial charge in [-0.1, -0.05) is 0 Å². The first-order valence-corrected chi connectivity index (χ1v) is 6.71. The van der Waals surface area contributed by atoms with E-state index in [2.05, 4.69) is 20.3 Å². The lowest BCUT2D eigenvalue weighted by molar-refractivity contribution is -0.0511. The molecule has 0 saturated carbocycles. The lowest BCUT2D eigenvalue weighted by atomic mass is 10.1. The Hall–Kier alpha value is -1.81. The normalized spacial score (nSPS) is 29.1. The summed E-state index contributed by atoms with van der Waals surface area (Å²) in [6.45, 7) is 2.25. The lowest BCUT2D eigenvalue weighted by Crippen LogP contribution is -2.33. The van der Waals surface area contributed by atoms with Crippen molar-refractivity contribution in [2.75, 3.05) is 18.5 Å². The van der Waals surface area contributed by atoms with Gasteiger partial charge in [0.05, 0.1) is 12.9 Å². The molecular formula is C12H17N5O4. The first-order valence-electron chi connectivity index (χ1n) is 6.71. The highest BCUT2D eigenvalue weighted by molar-refractivity contribution is 5.82. The predicted octanol–water partition coefficient (Wildman–Crippen LogP) is -1.13. The van der Waals surface area contributed by atoms with Crippen LogP contribution < -0.4 is 5.32 Å². The number of aromatic nitrogens is 4. The molecule has 3 heterocycles. The minimum Gasteiger partial charge on any atom is -0.394 e. The Kier molecular flexibility index (Phi) is 3.72. The molecule has 0 bridgehead atoms. The Morgan fingerprint density at radius 2 is 2.10 bits per heavy atom. The minimum absolute atomic E-state index is 0.376. The fourth-order valence-electron chi connectivity index (χ4n) is 2.44. The molecule has 3 rings (SSSR count). The number of hydrogen-bond acceptors (Lipinski definition) is 8. The van der Waals surface area contributed by atoms with Gasteiger partial charge in [0.1, 0.15) is 24.6 Å². The summed E-state index contributed by atoms with van der Waals surface area (Å²) in [4.78, 5) is 12.5. The van der Waals surface area contributed by atoms with Crippen LogP contribution in [0.4, 0.5) is 5.82 Å². The number of fused-ring (bicyclic) bond motifs is 1. The van der Waals surface area contributed by atoms with Gasteiger partial charge < -0.3 is 25.4 Å². The molecule has 1 fully saturated rings. The quantitative estimate of drug-likeness (QED) is 0.558. The molecule has 0 spiro atoms. The maximum absolute atomic E-state index is 10.1. The Labute approximate surface area is 120 Å². The van der Waals surface area contributed by atoms with Crippen LogP contribution in [-0.4, -0.2) is 66.3 Å². The van der Waals surface area contributed by atoms with Crippen LogP contribution >= 0.6 is 0 Å². The maximum Gasteiger partial charge on any atom is 0.167 e. The van der Waals surface area contributed by atoms with Crippen LogP contribution in [0.15, 0.2) is 12.7 Å². The maximum atomic E-state index is 10.1. The summed E-state index contributed by atoms with van der Waals surface area (Å²) in [6.07, 6.45) is -1.16. The van der Waals surface area contributed by atoms with Gasteiger partial charge >= 0.3 is 0 Å². The molecule has 1 aliphatic rings. The summed E-state index contributed by atoms with van der Waals surface area (Å²) in [6, 6.07) is 0. The predicted molar refractivity (Wildman–Crippen MR) is 72.5 cm³/mol. The van der Waals surface area contributed by atoms with Gasteiger partial charge in [-0.15, -0.1) is 0 Å². The molecule has 4 atom stereocenters. The Morgan fingerprint density at radius 1 is 1.29 bits per heavy atom. The number of hydrogen-bond donors (Lipinski definition) is 4. The molecule has 0 amide bonds. The third-order valence-corrected chi connectivity index (χ3v) is 3.49. The van der Waals surface area contributed by atoms with Crippen molar-refractivity contribution in [2.24, 2.45) is 0 Å². The highest BCUT2D eigenvalue weighted by atomic mass is 16.6. The third kappa shape index (κ3) is 2.23. The number of nitrogens with zero attached hydrogens (tertiary/aromatic N) is 4. The second-order valence-electron chi connectivity index (χ2n) is 4.81. The largest absolute Gasteiger partial charge is 0.394 e. The van der Waals surface area contributed by atoms with E-state index in [9.17, 15) is 10.2 Å². The van der Waals surface area contributed by atoms with Gasteiger partial charge in [0.25, 0.3) is 0 Å². The number of anilines is 1.